The number of rotatable bonds is 6. The summed E-state index contributed by atoms with van der Waals surface area (Å²) in [6.07, 6.45) is 1.77. The number of carbonyl (C=O) groups excluding carboxylic acids is 1. The summed E-state index contributed by atoms with van der Waals surface area (Å²) in [5.74, 6) is 0.606. The molecule has 2 aromatic rings. The fourth-order valence-corrected chi connectivity index (χ4v) is 4.01. The second-order valence-electron chi connectivity index (χ2n) is 7.34. The fraction of sp³-hybridized carbons (Fsp3) is 0.409. The molecule has 144 valence electrons. The van der Waals surface area contributed by atoms with Gasteiger partial charge < -0.3 is 5.32 Å². The van der Waals surface area contributed by atoms with E-state index >= 15 is 0 Å². The Morgan fingerprint density at radius 1 is 1.15 bits per heavy atom. The molecule has 3 rings (SSSR count). The standard InChI is InChI=1S/C22H26Cl2N2O/c1-16(17-5-3-2-4-6-17)14-25-22(27)18-9-11-26(12-10-18)15-19-7-8-20(23)13-21(19)24/h2-8,13,16,18H,9-12,14-15H2,1H3,(H,25,27)/t16-/m1/s1. The minimum atomic E-state index is 0.102. The van der Waals surface area contributed by atoms with E-state index in [9.17, 15) is 4.79 Å². The number of benzene rings is 2. The quantitative estimate of drug-likeness (QED) is 0.723. The van der Waals surface area contributed by atoms with Crippen LogP contribution in [0.25, 0.3) is 0 Å². The molecule has 3 nitrogen and oxygen atoms in total. The van der Waals surface area contributed by atoms with Crippen molar-refractivity contribution in [3.8, 4) is 0 Å². The highest BCUT2D eigenvalue weighted by Gasteiger charge is 2.25. The van der Waals surface area contributed by atoms with E-state index < -0.39 is 0 Å². The average molecular weight is 405 g/mol. The van der Waals surface area contributed by atoms with E-state index in [0.29, 0.717) is 22.5 Å². The summed E-state index contributed by atoms with van der Waals surface area (Å²) >= 11 is 12.2. The van der Waals surface area contributed by atoms with Gasteiger partial charge in [0.25, 0.3) is 0 Å². The lowest BCUT2D eigenvalue weighted by Gasteiger charge is -2.31. The second kappa shape index (κ2) is 9.59. The van der Waals surface area contributed by atoms with Crippen LogP contribution in [0.3, 0.4) is 0 Å². The van der Waals surface area contributed by atoms with Crippen LogP contribution in [0.4, 0.5) is 0 Å². The van der Waals surface area contributed by atoms with Crippen molar-refractivity contribution in [2.24, 2.45) is 5.92 Å². The maximum absolute atomic E-state index is 12.5. The van der Waals surface area contributed by atoms with Crippen molar-refractivity contribution in [2.75, 3.05) is 19.6 Å². The Balaban J connectivity index is 1.43. The van der Waals surface area contributed by atoms with Crippen molar-refractivity contribution >= 4 is 29.1 Å². The molecule has 1 heterocycles. The van der Waals surface area contributed by atoms with Crippen LogP contribution in [0.15, 0.2) is 48.5 Å². The minimum Gasteiger partial charge on any atom is -0.355 e. The third-order valence-corrected chi connectivity index (χ3v) is 5.91. The van der Waals surface area contributed by atoms with Crippen molar-refractivity contribution in [3.05, 3.63) is 69.7 Å². The van der Waals surface area contributed by atoms with Crippen molar-refractivity contribution < 1.29 is 4.79 Å². The Bertz CT molecular complexity index is 758. The number of nitrogens with one attached hydrogen (secondary N) is 1. The van der Waals surface area contributed by atoms with Gasteiger partial charge in [-0.2, -0.15) is 0 Å². The topological polar surface area (TPSA) is 32.3 Å². The summed E-state index contributed by atoms with van der Waals surface area (Å²) in [5, 5.41) is 4.50. The predicted octanol–water partition coefficient (Wildman–Crippen LogP) is 5.13. The van der Waals surface area contributed by atoms with Gasteiger partial charge in [0, 0.05) is 29.1 Å². The Kier molecular flexibility index (Phi) is 7.17. The number of amides is 1. The van der Waals surface area contributed by atoms with Gasteiger partial charge in [0.15, 0.2) is 0 Å². The van der Waals surface area contributed by atoms with E-state index in [1.54, 1.807) is 6.07 Å². The first-order valence-electron chi connectivity index (χ1n) is 9.52. The van der Waals surface area contributed by atoms with Crippen LogP contribution >= 0.6 is 23.2 Å². The van der Waals surface area contributed by atoms with Crippen LogP contribution < -0.4 is 5.32 Å². The van der Waals surface area contributed by atoms with Crippen LogP contribution in [-0.4, -0.2) is 30.4 Å². The van der Waals surface area contributed by atoms with Gasteiger partial charge in [-0.05, 0) is 55.1 Å². The highest BCUT2D eigenvalue weighted by Crippen LogP contribution is 2.25. The van der Waals surface area contributed by atoms with E-state index in [4.69, 9.17) is 23.2 Å². The number of hydrogen-bond donors (Lipinski definition) is 1. The van der Waals surface area contributed by atoms with Crippen molar-refractivity contribution in [1.29, 1.82) is 0 Å². The predicted molar refractivity (Wildman–Crippen MR) is 112 cm³/mol. The molecule has 1 atom stereocenters. The molecule has 1 saturated heterocycles. The number of carbonyl (C=O) groups is 1. The molecule has 5 heteroatoms. The molecular weight excluding hydrogens is 379 g/mol. The van der Waals surface area contributed by atoms with Crippen molar-refractivity contribution in [1.82, 2.24) is 10.2 Å². The number of hydrogen-bond acceptors (Lipinski definition) is 2. The average Bonchev–Trinajstić information content (AvgIpc) is 2.69. The van der Waals surface area contributed by atoms with Crippen molar-refractivity contribution in [2.45, 2.75) is 32.2 Å². The molecule has 0 radical (unpaired) electrons. The molecule has 27 heavy (non-hydrogen) atoms. The summed E-state index contributed by atoms with van der Waals surface area (Å²) < 4.78 is 0. The van der Waals surface area contributed by atoms with E-state index in [0.717, 1.165) is 38.0 Å². The zero-order valence-electron chi connectivity index (χ0n) is 15.6. The third kappa shape index (κ3) is 5.71. The molecule has 0 saturated carbocycles. The van der Waals surface area contributed by atoms with Crippen LogP contribution in [0.1, 0.15) is 36.8 Å². The van der Waals surface area contributed by atoms with Gasteiger partial charge in [0.2, 0.25) is 5.91 Å². The SMILES string of the molecule is C[C@H](CNC(=O)C1CCN(Cc2ccc(Cl)cc2Cl)CC1)c1ccccc1. The largest absolute Gasteiger partial charge is 0.355 e. The number of piperidine rings is 1. The number of halogens is 2. The Morgan fingerprint density at radius 2 is 1.85 bits per heavy atom. The third-order valence-electron chi connectivity index (χ3n) is 5.32. The molecule has 1 aliphatic heterocycles. The van der Waals surface area contributed by atoms with Crippen LogP contribution in [0, 0.1) is 5.92 Å². The van der Waals surface area contributed by atoms with Crippen LogP contribution in [0.2, 0.25) is 10.0 Å². The molecule has 1 N–H and O–H groups in total. The molecule has 0 unspecified atom stereocenters. The first-order chi connectivity index (χ1) is 13.0. The van der Waals surface area contributed by atoms with Gasteiger partial charge in [-0.1, -0.05) is 66.5 Å². The Labute approximate surface area is 171 Å². The molecule has 1 amide bonds. The maximum atomic E-state index is 12.5. The molecule has 1 aliphatic rings. The van der Waals surface area contributed by atoms with E-state index in [2.05, 4.69) is 29.3 Å². The zero-order valence-corrected chi connectivity index (χ0v) is 17.1. The molecular formula is C22H26Cl2N2O. The summed E-state index contributed by atoms with van der Waals surface area (Å²) in [5.41, 5.74) is 2.34. The molecule has 1 fully saturated rings. The van der Waals surface area contributed by atoms with Gasteiger partial charge in [0.05, 0.1) is 0 Å². The summed E-state index contributed by atoms with van der Waals surface area (Å²) in [6, 6.07) is 15.9. The Hall–Kier alpha value is -1.55. The second-order valence-corrected chi connectivity index (χ2v) is 8.19. The highest BCUT2D eigenvalue weighted by molar-refractivity contribution is 6.35. The fourth-order valence-electron chi connectivity index (χ4n) is 3.54. The summed E-state index contributed by atoms with van der Waals surface area (Å²) in [6.45, 7) is 5.45. The van der Waals surface area contributed by atoms with Crippen LogP contribution in [-0.2, 0) is 11.3 Å². The van der Waals surface area contributed by atoms with Gasteiger partial charge >= 0.3 is 0 Å². The molecule has 0 spiro atoms. The van der Waals surface area contributed by atoms with Gasteiger partial charge in [0.1, 0.15) is 0 Å². The number of likely N-dealkylation sites (tertiary alicyclic amines) is 1. The van der Waals surface area contributed by atoms with Crippen LogP contribution in [0.5, 0.6) is 0 Å². The van der Waals surface area contributed by atoms with E-state index in [1.807, 2.05) is 30.3 Å². The monoisotopic (exact) mass is 404 g/mol. The van der Waals surface area contributed by atoms with Crippen molar-refractivity contribution in [3.63, 3.8) is 0 Å². The van der Waals surface area contributed by atoms with E-state index in [1.165, 1.54) is 5.56 Å². The maximum Gasteiger partial charge on any atom is 0.223 e. The van der Waals surface area contributed by atoms with E-state index in [-0.39, 0.29) is 11.8 Å². The summed E-state index contributed by atoms with van der Waals surface area (Å²) in [7, 11) is 0. The Morgan fingerprint density at radius 3 is 2.52 bits per heavy atom. The van der Waals surface area contributed by atoms with Gasteiger partial charge in [-0.15, -0.1) is 0 Å². The lowest BCUT2D eigenvalue weighted by molar-refractivity contribution is -0.126. The lowest BCUT2D eigenvalue weighted by Crippen LogP contribution is -2.41. The molecule has 2 aromatic carbocycles. The van der Waals surface area contributed by atoms with Gasteiger partial charge in [-0.25, -0.2) is 0 Å². The molecule has 0 aliphatic carbocycles. The normalized spacial score (nSPS) is 16.9. The number of nitrogens with zero attached hydrogens (tertiary/aromatic N) is 1. The zero-order chi connectivity index (χ0) is 19.2. The summed E-state index contributed by atoms with van der Waals surface area (Å²) in [4.78, 5) is 14.9. The van der Waals surface area contributed by atoms with Gasteiger partial charge in [-0.3, -0.25) is 9.69 Å². The minimum absolute atomic E-state index is 0.102. The lowest BCUT2D eigenvalue weighted by atomic mass is 9.95. The first kappa shape index (κ1) is 20.2. The molecule has 0 bridgehead atoms. The first-order valence-corrected chi connectivity index (χ1v) is 10.3. The molecule has 0 aromatic heterocycles. The highest BCUT2D eigenvalue weighted by atomic mass is 35.5. The smallest absolute Gasteiger partial charge is 0.223 e.